The minimum atomic E-state index is -0.976. The van der Waals surface area contributed by atoms with E-state index in [-0.39, 0.29) is 6.54 Å². The third-order valence-corrected chi connectivity index (χ3v) is 4.04. The van der Waals surface area contributed by atoms with Crippen LogP contribution in [0, 0.1) is 0 Å². The monoisotopic (exact) mass is 306 g/mol. The number of para-hydroxylation sites is 2. The number of carbonyl (C=O) groups excluding carboxylic acids is 1. The van der Waals surface area contributed by atoms with E-state index in [0.29, 0.717) is 23.9 Å². The molecule has 1 heterocycles. The van der Waals surface area contributed by atoms with Crippen LogP contribution >= 0.6 is 0 Å². The lowest BCUT2D eigenvalue weighted by Gasteiger charge is -2.32. The summed E-state index contributed by atoms with van der Waals surface area (Å²) in [6.07, 6.45) is 0.0642. The molecule has 3 N–H and O–H groups in total. The van der Waals surface area contributed by atoms with Gasteiger partial charge in [0.05, 0.1) is 23.8 Å². The van der Waals surface area contributed by atoms with E-state index < -0.39 is 29.9 Å². The minimum absolute atomic E-state index is 0.185. The van der Waals surface area contributed by atoms with E-state index >= 15 is 0 Å². The predicted octanol–water partition coefficient (Wildman–Crippen LogP) is -0.0150. The molecule has 1 aromatic heterocycles. The Morgan fingerprint density at radius 2 is 2.09 bits per heavy atom. The molecular weight excluding hydrogens is 288 g/mol. The van der Waals surface area contributed by atoms with Crippen LogP contribution in [0.3, 0.4) is 0 Å². The topological polar surface area (TPSA) is 105 Å². The van der Waals surface area contributed by atoms with Gasteiger partial charge in [-0.2, -0.15) is 0 Å². The fraction of sp³-hybridized carbons (Fsp3) is 0.467. The van der Waals surface area contributed by atoms with Crippen LogP contribution in [0.1, 0.15) is 19.3 Å². The van der Waals surface area contributed by atoms with Crippen molar-refractivity contribution in [2.75, 3.05) is 0 Å². The minimum Gasteiger partial charge on any atom is -0.408 e. The van der Waals surface area contributed by atoms with Gasteiger partial charge >= 0.3 is 5.76 Å². The van der Waals surface area contributed by atoms with Crippen LogP contribution in [0.2, 0.25) is 0 Å². The second-order valence-electron chi connectivity index (χ2n) is 5.58. The lowest BCUT2D eigenvalue weighted by molar-refractivity contribution is -0.124. The van der Waals surface area contributed by atoms with Crippen molar-refractivity contribution in [3.8, 4) is 0 Å². The zero-order valence-corrected chi connectivity index (χ0v) is 11.9. The second-order valence-corrected chi connectivity index (χ2v) is 5.58. The highest BCUT2D eigenvalue weighted by Crippen LogP contribution is 2.19. The van der Waals surface area contributed by atoms with Crippen LogP contribution in [0.4, 0.5) is 0 Å². The van der Waals surface area contributed by atoms with Crippen molar-refractivity contribution in [3.63, 3.8) is 0 Å². The molecule has 1 aliphatic rings. The Hall–Kier alpha value is -2.12. The third kappa shape index (κ3) is 2.77. The maximum absolute atomic E-state index is 12.1. The van der Waals surface area contributed by atoms with Gasteiger partial charge in [0.15, 0.2) is 5.58 Å². The first-order valence-electron chi connectivity index (χ1n) is 7.30. The molecule has 118 valence electrons. The van der Waals surface area contributed by atoms with E-state index in [1.165, 1.54) is 4.57 Å². The summed E-state index contributed by atoms with van der Waals surface area (Å²) in [6.45, 7) is -0.185. The first-order chi connectivity index (χ1) is 10.6. The maximum Gasteiger partial charge on any atom is 0.420 e. The maximum atomic E-state index is 12.1. The summed E-state index contributed by atoms with van der Waals surface area (Å²) in [5.41, 5.74) is 0.973. The molecule has 22 heavy (non-hydrogen) atoms. The zero-order chi connectivity index (χ0) is 15.7. The Morgan fingerprint density at radius 3 is 2.91 bits per heavy atom. The van der Waals surface area contributed by atoms with Gasteiger partial charge in [-0.15, -0.1) is 0 Å². The van der Waals surface area contributed by atoms with Gasteiger partial charge < -0.3 is 19.9 Å². The number of fused-ring (bicyclic) bond motifs is 1. The number of carbonyl (C=O) groups is 1. The summed E-state index contributed by atoms with van der Waals surface area (Å²) < 4.78 is 6.31. The molecule has 1 amide bonds. The highest BCUT2D eigenvalue weighted by Gasteiger charge is 2.31. The summed E-state index contributed by atoms with van der Waals surface area (Å²) in [5.74, 6) is -0.993. The van der Waals surface area contributed by atoms with Crippen molar-refractivity contribution in [2.24, 2.45) is 0 Å². The van der Waals surface area contributed by atoms with Crippen molar-refractivity contribution in [1.29, 1.82) is 0 Å². The third-order valence-electron chi connectivity index (χ3n) is 4.04. The predicted molar refractivity (Wildman–Crippen MR) is 78.3 cm³/mol. The number of aliphatic hydroxyl groups is 2. The van der Waals surface area contributed by atoms with Crippen LogP contribution in [0.25, 0.3) is 11.1 Å². The molecule has 0 aliphatic heterocycles. The molecule has 3 atom stereocenters. The lowest BCUT2D eigenvalue weighted by atomic mass is 9.90. The number of hydrogen-bond donors (Lipinski definition) is 3. The lowest BCUT2D eigenvalue weighted by Crippen LogP contribution is -2.51. The molecule has 2 aromatic rings. The number of nitrogens with zero attached hydrogens (tertiary/aromatic N) is 1. The van der Waals surface area contributed by atoms with E-state index in [4.69, 9.17) is 4.42 Å². The standard InChI is InChI=1S/C15H18N2O5/c18-11-6-3-4-9(14(11)20)16-13(19)8-17-10-5-1-2-7-12(10)22-15(17)21/h1-2,5,7,9,11,14,18,20H,3-4,6,8H2,(H,16,19)/t9-,11-,14-/m1/s1. The molecule has 1 aliphatic carbocycles. The van der Waals surface area contributed by atoms with E-state index in [0.717, 1.165) is 6.42 Å². The molecule has 0 spiro atoms. The fourth-order valence-electron chi connectivity index (χ4n) is 2.87. The molecule has 0 radical (unpaired) electrons. The molecule has 0 saturated heterocycles. The number of hydrogen-bond acceptors (Lipinski definition) is 5. The molecule has 1 saturated carbocycles. The van der Waals surface area contributed by atoms with E-state index in [1.807, 2.05) is 0 Å². The molecule has 1 fully saturated rings. The van der Waals surface area contributed by atoms with Crippen molar-refractivity contribution >= 4 is 17.0 Å². The van der Waals surface area contributed by atoms with Crippen molar-refractivity contribution in [2.45, 2.75) is 44.1 Å². The highest BCUT2D eigenvalue weighted by molar-refractivity contribution is 5.79. The molecule has 0 bridgehead atoms. The Labute approximate surface area is 126 Å². The van der Waals surface area contributed by atoms with Crippen LogP contribution in [-0.4, -0.2) is 38.9 Å². The van der Waals surface area contributed by atoms with Gasteiger partial charge in [0.2, 0.25) is 5.91 Å². The average Bonchev–Trinajstić information content (AvgIpc) is 2.80. The fourth-order valence-corrected chi connectivity index (χ4v) is 2.87. The quantitative estimate of drug-likeness (QED) is 0.739. The van der Waals surface area contributed by atoms with Gasteiger partial charge in [-0.25, -0.2) is 4.79 Å². The van der Waals surface area contributed by atoms with Gasteiger partial charge in [-0.3, -0.25) is 9.36 Å². The zero-order valence-electron chi connectivity index (χ0n) is 11.9. The number of aliphatic hydroxyl groups excluding tert-OH is 2. The Kier molecular flexibility index (Phi) is 4.00. The van der Waals surface area contributed by atoms with E-state index in [2.05, 4.69) is 5.32 Å². The number of oxazole rings is 1. The normalized spacial score (nSPS) is 25.3. The molecule has 1 aromatic carbocycles. The second kappa shape index (κ2) is 5.94. The van der Waals surface area contributed by atoms with Crippen LogP contribution in [-0.2, 0) is 11.3 Å². The number of rotatable bonds is 3. The van der Waals surface area contributed by atoms with E-state index in [9.17, 15) is 19.8 Å². The summed E-state index contributed by atoms with van der Waals surface area (Å²) in [7, 11) is 0. The van der Waals surface area contributed by atoms with Gasteiger partial charge in [-0.1, -0.05) is 12.1 Å². The molecule has 0 unspecified atom stereocenters. The van der Waals surface area contributed by atoms with Gasteiger partial charge in [0.25, 0.3) is 0 Å². The average molecular weight is 306 g/mol. The first-order valence-corrected chi connectivity index (χ1v) is 7.30. The largest absolute Gasteiger partial charge is 0.420 e. The molecule has 7 nitrogen and oxygen atoms in total. The van der Waals surface area contributed by atoms with Crippen LogP contribution in [0.15, 0.2) is 33.5 Å². The number of amides is 1. The molecule has 3 rings (SSSR count). The van der Waals surface area contributed by atoms with Gasteiger partial charge in [0.1, 0.15) is 6.54 Å². The number of benzene rings is 1. The number of aromatic nitrogens is 1. The number of nitrogens with one attached hydrogen (secondary N) is 1. The van der Waals surface area contributed by atoms with Gasteiger partial charge in [-0.05, 0) is 31.4 Å². The summed E-state index contributed by atoms with van der Waals surface area (Å²) in [6, 6.07) is 6.37. The smallest absolute Gasteiger partial charge is 0.408 e. The SMILES string of the molecule is O=C(Cn1c(=O)oc2ccccc21)N[C@@H]1CCC[C@@H](O)[C@@H]1O. The summed E-state index contributed by atoms with van der Waals surface area (Å²) in [5, 5.41) is 22.2. The van der Waals surface area contributed by atoms with Crippen LogP contribution in [0.5, 0.6) is 0 Å². The van der Waals surface area contributed by atoms with Crippen molar-refractivity contribution in [1.82, 2.24) is 9.88 Å². The summed E-state index contributed by atoms with van der Waals surface area (Å²) >= 11 is 0. The highest BCUT2D eigenvalue weighted by atomic mass is 16.4. The van der Waals surface area contributed by atoms with Crippen molar-refractivity contribution in [3.05, 3.63) is 34.8 Å². The molecular formula is C15H18N2O5. The van der Waals surface area contributed by atoms with Crippen LogP contribution < -0.4 is 11.1 Å². The van der Waals surface area contributed by atoms with E-state index in [1.54, 1.807) is 24.3 Å². The van der Waals surface area contributed by atoms with Crippen molar-refractivity contribution < 1.29 is 19.4 Å². The Morgan fingerprint density at radius 1 is 1.32 bits per heavy atom. The first kappa shape index (κ1) is 14.8. The van der Waals surface area contributed by atoms with Gasteiger partial charge in [0, 0.05) is 0 Å². The molecule has 7 heteroatoms. The Bertz CT molecular complexity index is 735. The Balaban J connectivity index is 1.73. The summed E-state index contributed by atoms with van der Waals surface area (Å²) in [4.78, 5) is 23.9.